The van der Waals surface area contributed by atoms with Gasteiger partial charge in [-0.1, -0.05) is 12.1 Å². The Hall–Kier alpha value is -2.74. The number of halogens is 1. The second-order valence-electron chi connectivity index (χ2n) is 8.78. The zero-order valence-corrected chi connectivity index (χ0v) is 18.2. The van der Waals surface area contributed by atoms with Gasteiger partial charge in [0.25, 0.3) is 0 Å². The molecule has 2 aromatic rings. The fourth-order valence-electron chi connectivity index (χ4n) is 4.50. The highest BCUT2D eigenvalue weighted by atomic mass is 19.1. The van der Waals surface area contributed by atoms with Gasteiger partial charge < -0.3 is 19.7 Å². The first-order valence-electron chi connectivity index (χ1n) is 11.0. The van der Waals surface area contributed by atoms with Gasteiger partial charge in [-0.3, -0.25) is 9.59 Å². The van der Waals surface area contributed by atoms with E-state index in [4.69, 9.17) is 0 Å². The fourth-order valence-corrected chi connectivity index (χ4v) is 4.50. The first-order chi connectivity index (χ1) is 14.9. The molecule has 7 nitrogen and oxygen atoms in total. The van der Waals surface area contributed by atoms with E-state index in [1.165, 1.54) is 12.1 Å². The molecule has 0 saturated carbocycles. The number of hydrogen-bond acceptors (Lipinski definition) is 4. The van der Waals surface area contributed by atoms with Crippen LogP contribution in [0.1, 0.15) is 37.5 Å². The van der Waals surface area contributed by atoms with Gasteiger partial charge in [0.2, 0.25) is 11.8 Å². The van der Waals surface area contributed by atoms with Crippen molar-refractivity contribution in [3.8, 4) is 11.3 Å². The maximum absolute atomic E-state index is 13.6. The highest BCUT2D eigenvalue weighted by molar-refractivity contribution is 5.89. The molecule has 2 aliphatic rings. The minimum Gasteiger partial charge on any atom is -0.341 e. The van der Waals surface area contributed by atoms with Crippen molar-refractivity contribution in [3.05, 3.63) is 42.1 Å². The smallest absolute Gasteiger partial charge is 0.228 e. The summed E-state index contributed by atoms with van der Waals surface area (Å²) in [5.41, 5.74) is 1.46. The molecule has 166 valence electrons. The van der Waals surface area contributed by atoms with Crippen LogP contribution in [0.15, 0.2) is 30.5 Å². The number of rotatable bonds is 6. The number of benzene rings is 1. The average Bonchev–Trinajstić information content (AvgIpc) is 3.39. The van der Waals surface area contributed by atoms with E-state index in [1.807, 2.05) is 30.0 Å². The van der Waals surface area contributed by atoms with Crippen molar-refractivity contribution in [2.75, 3.05) is 40.3 Å². The van der Waals surface area contributed by atoms with E-state index in [0.29, 0.717) is 19.6 Å². The monoisotopic (exact) mass is 427 g/mol. The molecule has 0 radical (unpaired) electrons. The van der Waals surface area contributed by atoms with Gasteiger partial charge in [-0.25, -0.2) is 9.37 Å². The second-order valence-corrected chi connectivity index (χ2v) is 8.78. The van der Waals surface area contributed by atoms with Gasteiger partial charge >= 0.3 is 0 Å². The number of likely N-dealkylation sites (N-methyl/N-ethyl adjacent to an activating group) is 1. The number of amides is 2. The van der Waals surface area contributed by atoms with E-state index in [1.54, 1.807) is 17.2 Å². The molecule has 2 atom stereocenters. The van der Waals surface area contributed by atoms with Gasteiger partial charge in [-0.15, -0.1) is 0 Å². The van der Waals surface area contributed by atoms with Crippen LogP contribution in [-0.4, -0.2) is 76.8 Å². The van der Waals surface area contributed by atoms with Crippen molar-refractivity contribution < 1.29 is 14.0 Å². The first-order valence-corrected chi connectivity index (χ1v) is 11.0. The van der Waals surface area contributed by atoms with Crippen LogP contribution in [0.5, 0.6) is 0 Å². The van der Waals surface area contributed by atoms with E-state index < -0.39 is 0 Å². The molecular formula is C23H30FN5O2. The van der Waals surface area contributed by atoms with Crippen LogP contribution in [0.4, 0.5) is 4.39 Å². The summed E-state index contributed by atoms with van der Waals surface area (Å²) in [4.78, 5) is 39.4. The lowest BCUT2D eigenvalue weighted by Crippen LogP contribution is -2.43. The highest BCUT2D eigenvalue weighted by Crippen LogP contribution is 2.33. The third kappa shape index (κ3) is 4.79. The topological polar surface area (TPSA) is 72.5 Å². The van der Waals surface area contributed by atoms with Crippen LogP contribution in [0, 0.1) is 11.7 Å². The van der Waals surface area contributed by atoms with Gasteiger partial charge in [-0.2, -0.15) is 0 Å². The van der Waals surface area contributed by atoms with Crippen LogP contribution in [-0.2, 0) is 9.59 Å². The lowest BCUT2D eigenvalue weighted by Gasteiger charge is -2.36. The molecule has 2 saturated heterocycles. The van der Waals surface area contributed by atoms with E-state index in [0.717, 1.165) is 42.9 Å². The molecule has 0 bridgehead atoms. The zero-order chi connectivity index (χ0) is 22.0. The minimum atomic E-state index is -0.298. The molecular weight excluding hydrogens is 397 g/mol. The Morgan fingerprint density at radius 1 is 1.32 bits per heavy atom. The lowest BCUT2D eigenvalue weighted by atomic mass is 9.98. The number of likely N-dealkylation sites (tertiary alicyclic amines) is 2. The summed E-state index contributed by atoms with van der Waals surface area (Å²) >= 11 is 0. The maximum Gasteiger partial charge on any atom is 0.228 e. The molecule has 31 heavy (non-hydrogen) atoms. The summed E-state index contributed by atoms with van der Waals surface area (Å²) in [5.74, 6) is 0.219. The Kier molecular flexibility index (Phi) is 6.36. The molecule has 2 amide bonds. The van der Waals surface area contributed by atoms with E-state index in [-0.39, 0.29) is 36.0 Å². The Bertz CT molecular complexity index is 944. The van der Waals surface area contributed by atoms with Gasteiger partial charge in [-0.05, 0) is 45.5 Å². The van der Waals surface area contributed by atoms with Crippen molar-refractivity contribution in [1.29, 1.82) is 0 Å². The van der Waals surface area contributed by atoms with Crippen LogP contribution in [0.3, 0.4) is 0 Å². The molecule has 1 aromatic carbocycles. The maximum atomic E-state index is 13.6. The third-order valence-corrected chi connectivity index (χ3v) is 6.21. The molecule has 0 aliphatic carbocycles. The zero-order valence-electron chi connectivity index (χ0n) is 18.2. The summed E-state index contributed by atoms with van der Waals surface area (Å²) in [5, 5.41) is 0. The SMILES string of the molecule is CN(C)CCN1CC(C(=O)N2CCCCC2c2ncc(-c3cccc(F)c3)[nH]2)CC1=O. The summed E-state index contributed by atoms with van der Waals surface area (Å²) < 4.78 is 13.6. The number of imidazole rings is 1. The van der Waals surface area contributed by atoms with Crippen LogP contribution in [0.2, 0.25) is 0 Å². The molecule has 2 unspecified atom stereocenters. The number of carbonyl (C=O) groups excluding carboxylic acids is 2. The Labute approximate surface area is 182 Å². The molecule has 1 aromatic heterocycles. The third-order valence-electron chi connectivity index (χ3n) is 6.21. The number of aromatic amines is 1. The molecule has 2 fully saturated rings. The first kappa shape index (κ1) is 21.5. The standard InChI is InChI=1S/C23H30FN5O2/c1-27(2)10-11-28-15-17(13-21(28)30)23(31)29-9-4-3-8-20(29)22-25-14-19(26-22)16-6-5-7-18(24)12-16/h5-7,12,14,17,20H,3-4,8-11,13,15H2,1-2H3,(H,25,26). The number of aromatic nitrogens is 2. The second kappa shape index (κ2) is 9.18. The summed E-state index contributed by atoms with van der Waals surface area (Å²) in [7, 11) is 3.95. The number of piperidine rings is 1. The fraction of sp³-hybridized carbons (Fsp3) is 0.522. The number of H-pyrrole nitrogens is 1. The van der Waals surface area contributed by atoms with Gasteiger partial charge in [0, 0.05) is 38.2 Å². The summed E-state index contributed by atoms with van der Waals surface area (Å²) in [6.07, 6.45) is 4.77. The largest absolute Gasteiger partial charge is 0.341 e. The molecule has 4 rings (SSSR count). The molecule has 3 heterocycles. The summed E-state index contributed by atoms with van der Waals surface area (Å²) in [6.45, 7) is 2.59. The molecule has 1 N–H and O–H groups in total. The highest BCUT2D eigenvalue weighted by Gasteiger charge is 2.39. The predicted octanol–water partition coefficient (Wildman–Crippen LogP) is 2.68. The number of hydrogen-bond donors (Lipinski definition) is 1. The van der Waals surface area contributed by atoms with Gasteiger partial charge in [0.15, 0.2) is 0 Å². The Morgan fingerprint density at radius 2 is 2.16 bits per heavy atom. The van der Waals surface area contributed by atoms with Gasteiger partial charge in [0.1, 0.15) is 11.6 Å². The van der Waals surface area contributed by atoms with Crippen molar-refractivity contribution in [2.24, 2.45) is 5.92 Å². The van der Waals surface area contributed by atoms with Crippen molar-refractivity contribution >= 4 is 11.8 Å². The van der Waals surface area contributed by atoms with Crippen molar-refractivity contribution in [2.45, 2.75) is 31.7 Å². The van der Waals surface area contributed by atoms with E-state index in [9.17, 15) is 14.0 Å². The van der Waals surface area contributed by atoms with Crippen molar-refractivity contribution in [3.63, 3.8) is 0 Å². The molecule has 0 spiro atoms. The number of nitrogens with zero attached hydrogens (tertiary/aromatic N) is 4. The van der Waals surface area contributed by atoms with Crippen molar-refractivity contribution in [1.82, 2.24) is 24.7 Å². The molecule has 2 aliphatic heterocycles. The number of carbonyl (C=O) groups is 2. The Balaban J connectivity index is 1.48. The lowest BCUT2D eigenvalue weighted by molar-refractivity contribution is -0.139. The molecule has 8 heteroatoms. The van der Waals surface area contributed by atoms with E-state index in [2.05, 4.69) is 9.97 Å². The average molecular weight is 428 g/mol. The minimum absolute atomic E-state index is 0.0362. The van der Waals surface area contributed by atoms with Crippen LogP contribution in [0.25, 0.3) is 11.3 Å². The predicted molar refractivity (Wildman–Crippen MR) is 116 cm³/mol. The van der Waals surface area contributed by atoms with Crippen LogP contribution >= 0.6 is 0 Å². The Morgan fingerprint density at radius 3 is 2.94 bits per heavy atom. The van der Waals surface area contributed by atoms with Crippen LogP contribution < -0.4 is 0 Å². The normalized spacial score (nSPS) is 21.9. The number of nitrogens with one attached hydrogen (secondary N) is 1. The summed E-state index contributed by atoms with van der Waals surface area (Å²) in [6, 6.07) is 6.23. The quantitative estimate of drug-likeness (QED) is 0.769. The van der Waals surface area contributed by atoms with Gasteiger partial charge in [0.05, 0.1) is 23.9 Å². The van der Waals surface area contributed by atoms with E-state index >= 15 is 0 Å².